The number of amides is 1. The lowest BCUT2D eigenvalue weighted by Crippen LogP contribution is -2.25. The molecule has 0 atom stereocenters. The molecule has 1 amide bonds. The van der Waals surface area contributed by atoms with Crippen molar-refractivity contribution in [1.29, 1.82) is 0 Å². The lowest BCUT2D eigenvalue weighted by Gasteiger charge is -2.25. The van der Waals surface area contributed by atoms with E-state index in [1.165, 1.54) is 48.5 Å². The van der Waals surface area contributed by atoms with E-state index in [0.29, 0.717) is 16.3 Å². The van der Waals surface area contributed by atoms with Gasteiger partial charge < -0.3 is 15.2 Å². The van der Waals surface area contributed by atoms with Crippen molar-refractivity contribution in [3.05, 3.63) is 70.7 Å². The zero-order chi connectivity index (χ0) is 23.2. The maximum Gasteiger partial charge on any atom is 0.255 e. The van der Waals surface area contributed by atoms with Crippen molar-refractivity contribution in [3.63, 3.8) is 0 Å². The van der Waals surface area contributed by atoms with Crippen molar-refractivity contribution in [2.45, 2.75) is 46.0 Å². The first-order valence-electron chi connectivity index (χ1n) is 11.8. The van der Waals surface area contributed by atoms with Crippen LogP contribution in [0.1, 0.15) is 50.8 Å². The Kier molecular flexibility index (Phi) is 7.50. The van der Waals surface area contributed by atoms with Gasteiger partial charge in [-0.3, -0.25) is 9.78 Å². The topological polar surface area (TPSA) is 61.0 Å². The lowest BCUT2D eigenvalue weighted by atomic mass is 10.1. The van der Waals surface area contributed by atoms with Crippen LogP contribution in [-0.2, 0) is 11.2 Å². The summed E-state index contributed by atoms with van der Waals surface area (Å²) in [5, 5.41) is 4.53. The first kappa shape index (κ1) is 23.1. The molecule has 0 fully saturated rings. The summed E-state index contributed by atoms with van der Waals surface area (Å²) in [6.07, 6.45) is 14.5. The number of pyridine rings is 1. The number of aromatic nitrogens is 2. The van der Waals surface area contributed by atoms with Gasteiger partial charge in [0.25, 0.3) is 5.91 Å². The van der Waals surface area contributed by atoms with Crippen LogP contribution in [0.25, 0.3) is 17.0 Å². The number of hydrogen-bond donors (Lipinski definition) is 2. The summed E-state index contributed by atoms with van der Waals surface area (Å²) >= 11 is 6.17. The number of carbonyl (C=O) groups excluding carboxylic acids is 1. The summed E-state index contributed by atoms with van der Waals surface area (Å²) in [5.41, 5.74) is 5.74. The van der Waals surface area contributed by atoms with E-state index >= 15 is 0 Å². The maximum atomic E-state index is 13.0. The average molecular weight is 463 g/mol. The fourth-order valence-electron chi connectivity index (χ4n) is 4.26. The highest BCUT2D eigenvalue weighted by molar-refractivity contribution is 6.33. The van der Waals surface area contributed by atoms with E-state index < -0.39 is 0 Å². The number of carbonyl (C=O) groups is 1. The molecule has 0 spiro atoms. The molecule has 0 saturated heterocycles. The molecule has 1 aliphatic rings. The van der Waals surface area contributed by atoms with E-state index in [-0.39, 0.29) is 5.91 Å². The molecular formula is C27H31ClN4O. The highest BCUT2D eigenvalue weighted by atomic mass is 35.5. The molecule has 2 heterocycles. The number of H-pyrrole nitrogens is 1. The number of nitrogens with zero attached hydrogens (tertiary/aromatic N) is 2. The van der Waals surface area contributed by atoms with Crippen LogP contribution in [0.2, 0.25) is 5.02 Å². The lowest BCUT2D eigenvalue weighted by molar-refractivity contribution is -0.112. The summed E-state index contributed by atoms with van der Waals surface area (Å²) < 4.78 is 0. The molecule has 5 nitrogen and oxygen atoms in total. The predicted octanol–water partition coefficient (Wildman–Crippen LogP) is 6.76. The Morgan fingerprint density at radius 2 is 1.97 bits per heavy atom. The first-order valence-corrected chi connectivity index (χ1v) is 12.2. The minimum atomic E-state index is -0.196. The molecule has 0 bridgehead atoms. The standard InChI is InChI=1S/C27H31ClN4O/c1-3-5-15-32(16-6-4-2)25-12-8-11-21-20-10-7-9-19(17-24(20)30-26(21)25)27(33)31-23-13-14-29-18-22(23)28/h7-9,11-14,17-18,30H,3-6,10,15-16H2,1-2H3,(H,29,31,33). The molecule has 0 unspecified atom stereocenters. The van der Waals surface area contributed by atoms with E-state index in [9.17, 15) is 4.79 Å². The Hall–Kier alpha value is -3.05. The fourth-order valence-corrected chi connectivity index (χ4v) is 4.42. The minimum Gasteiger partial charge on any atom is -0.370 e. The normalized spacial score (nSPS) is 12.9. The molecule has 4 rings (SSSR count). The van der Waals surface area contributed by atoms with E-state index in [1.54, 1.807) is 12.3 Å². The van der Waals surface area contributed by atoms with Crippen molar-refractivity contribution in [1.82, 2.24) is 9.97 Å². The molecule has 0 saturated carbocycles. The van der Waals surface area contributed by atoms with Crippen LogP contribution in [0.5, 0.6) is 0 Å². The maximum absolute atomic E-state index is 13.0. The molecule has 0 aliphatic heterocycles. The third kappa shape index (κ3) is 5.14. The smallest absolute Gasteiger partial charge is 0.255 e. The van der Waals surface area contributed by atoms with E-state index in [1.807, 2.05) is 12.2 Å². The SMILES string of the molecule is CCCCN(CCCC)c1cccc2c3c([nH]c12)C=C(C(=O)Nc1ccncc1Cl)C=CC3. The predicted molar refractivity (Wildman–Crippen MR) is 139 cm³/mol. The highest BCUT2D eigenvalue weighted by Crippen LogP contribution is 2.34. The Balaban J connectivity index is 1.69. The van der Waals surface area contributed by atoms with Gasteiger partial charge in [-0.15, -0.1) is 0 Å². The number of rotatable bonds is 9. The molecule has 0 radical (unpaired) electrons. The Morgan fingerprint density at radius 3 is 2.70 bits per heavy atom. The number of unbranched alkanes of at least 4 members (excludes halogenated alkanes) is 2. The van der Waals surface area contributed by atoms with Crippen LogP contribution >= 0.6 is 11.6 Å². The number of halogens is 1. The van der Waals surface area contributed by atoms with Crippen LogP contribution < -0.4 is 10.2 Å². The van der Waals surface area contributed by atoms with E-state index in [4.69, 9.17) is 11.6 Å². The summed E-state index contributed by atoms with van der Waals surface area (Å²) in [7, 11) is 0. The van der Waals surface area contributed by atoms with Crippen LogP contribution in [0, 0.1) is 0 Å². The van der Waals surface area contributed by atoms with Crippen LogP contribution in [0.15, 0.2) is 54.4 Å². The monoisotopic (exact) mass is 462 g/mol. The van der Waals surface area contributed by atoms with E-state index in [0.717, 1.165) is 30.7 Å². The minimum absolute atomic E-state index is 0.196. The second kappa shape index (κ2) is 10.7. The van der Waals surface area contributed by atoms with Gasteiger partial charge >= 0.3 is 0 Å². The van der Waals surface area contributed by atoms with Crippen LogP contribution in [0.4, 0.5) is 11.4 Å². The molecule has 3 aromatic rings. The van der Waals surface area contributed by atoms with Gasteiger partial charge in [0.1, 0.15) is 0 Å². The zero-order valence-corrected chi connectivity index (χ0v) is 20.1. The van der Waals surface area contributed by atoms with Crippen LogP contribution in [-0.4, -0.2) is 29.0 Å². The molecule has 2 aromatic heterocycles. The summed E-state index contributed by atoms with van der Waals surface area (Å²) in [5.74, 6) is -0.196. The Bertz CT molecular complexity index is 1190. The summed E-state index contributed by atoms with van der Waals surface area (Å²) in [6, 6.07) is 8.23. The quantitative estimate of drug-likeness (QED) is 0.369. The highest BCUT2D eigenvalue weighted by Gasteiger charge is 2.19. The first-order chi connectivity index (χ1) is 16.1. The number of anilines is 2. The van der Waals surface area contributed by atoms with Crippen molar-refractivity contribution < 1.29 is 4.79 Å². The number of allylic oxidation sites excluding steroid dienone is 1. The van der Waals surface area contributed by atoms with E-state index in [2.05, 4.69) is 58.3 Å². The number of fused-ring (bicyclic) bond motifs is 3. The summed E-state index contributed by atoms with van der Waals surface area (Å²) in [4.78, 5) is 23.1. The van der Waals surface area contributed by atoms with Crippen LogP contribution in [0.3, 0.4) is 0 Å². The zero-order valence-electron chi connectivity index (χ0n) is 19.3. The molecule has 1 aliphatic carbocycles. The number of hydrogen-bond acceptors (Lipinski definition) is 3. The third-order valence-corrected chi connectivity index (χ3v) is 6.36. The van der Waals surface area contributed by atoms with Gasteiger partial charge in [-0.1, -0.05) is 62.6 Å². The molecular weight excluding hydrogens is 432 g/mol. The number of aromatic amines is 1. The molecule has 6 heteroatoms. The van der Waals surface area contributed by atoms with Crippen molar-refractivity contribution in [3.8, 4) is 0 Å². The van der Waals surface area contributed by atoms with Gasteiger partial charge in [-0.2, -0.15) is 0 Å². The summed E-state index contributed by atoms with van der Waals surface area (Å²) in [6.45, 7) is 6.57. The average Bonchev–Trinajstić information content (AvgIpc) is 3.03. The molecule has 172 valence electrons. The van der Waals surface area contributed by atoms with Gasteiger partial charge in [0.05, 0.1) is 21.9 Å². The number of benzene rings is 1. The third-order valence-electron chi connectivity index (χ3n) is 6.06. The van der Waals surface area contributed by atoms with Gasteiger partial charge in [-0.25, -0.2) is 0 Å². The second-order valence-corrected chi connectivity index (χ2v) is 8.83. The van der Waals surface area contributed by atoms with Gasteiger partial charge in [0, 0.05) is 42.1 Å². The van der Waals surface area contributed by atoms with Gasteiger partial charge in [-0.05, 0) is 43.0 Å². The van der Waals surface area contributed by atoms with Gasteiger partial charge in [0.2, 0.25) is 0 Å². The Labute approximate surface area is 200 Å². The molecule has 33 heavy (non-hydrogen) atoms. The van der Waals surface area contributed by atoms with Crippen molar-refractivity contribution in [2.24, 2.45) is 0 Å². The van der Waals surface area contributed by atoms with Gasteiger partial charge in [0.15, 0.2) is 0 Å². The number of nitrogens with one attached hydrogen (secondary N) is 2. The van der Waals surface area contributed by atoms with Crippen molar-refractivity contribution >= 4 is 45.9 Å². The van der Waals surface area contributed by atoms with Crippen molar-refractivity contribution in [2.75, 3.05) is 23.3 Å². The Morgan fingerprint density at radius 1 is 1.18 bits per heavy atom. The second-order valence-electron chi connectivity index (χ2n) is 8.43. The fraction of sp³-hybridized carbons (Fsp3) is 0.333. The number of para-hydroxylation sites is 1. The largest absolute Gasteiger partial charge is 0.370 e. The molecule has 1 aromatic carbocycles. The molecule has 2 N–H and O–H groups in total.